The van der Waals surface area contributed by atoms with E-state index >= 15 is 0 Å². The molecule has 0 radical (unpaired) electrons. The molecule has 0 fully saturated rings. The summed E-state index contributed by atoms with van der Waals surface area (Å²) in [5.74, 6) is -0.655. The molecule has 4 heteroatoms. The second kappa shape index (κ2) is 6.02. The molecule has 0 unspecified atom stereocenters. The van der Waals surface area contributed by atoms with Gasteiger partial charge in [0.2, 0.25) is 5.91 Å². The molecule has 0 aromatic heterocycles. The quantitative estimate of drug-likeness (QED) is 0.757. The summed E-state index contributed by atoms with van der Waals surface area (Å²) in [6.07, 6.45) is 2.82. The molecule has 1 aromatic carbocycles. The molecule has 1 rings (SSSR count). The van der Waals surface area contributed by atoms with Gasteiger partial charge in [0, 0.05) is 12.1 Å². The van der Waals surface area contributed by atoms with Crippen molar-refractivity contribution in [3.8, 4) is 0 Å². The zero-order valence-electron chi connectivity index (χ0n) is 8.98. The van der Waals surface area contributed by atoms with E-state index in [1.165, 1.54) is 24.3 Å². The van der Waals surface area contributed by atoms with Gasteiger partial charge in [0.15, 0.2) is 0 Å². The minimum Gasteiger partial charge on any atom is -0.394 e. The van der Waals surface area contributed by atoms with Crippen molar-refractivity contribution >= 4 is 12.0 Å². The van der Waals surface area contributed by atoms with Gasteiger partial charge in [0.25, 0.3) is 0 Å². The maximum atomic E-state index is 12.8. The van der Waals surface area contributed by atoms with Crippen LogP contribution in [0.3, 0.4) is 0 Å². The Morgan fingerprint density at radius 2 is 2.38 bits per heavy atom. The Hall–Kier alpha value is -1.68. The van der Waals surface area contributed by atoms with Crippen LogP contribution in [0.1, 0.15) is 12.5 Å². The van der Waals surface area contributed by atoms with Crippen molar-refractivity contribution in [2.24, 2.45) is 0 Å². The largest absolute Gasteiger partial charge is 0.394 e. The van der Waals surface area contributed by atoms with Crippen LogP contribution in [0, 0.1) is 5.82 Å². The van der Waals surface area contributed by atoms with Crippen LogP contribution in [0.2, 0.25) is 0 Å². The van der Waals surface area contributed by atoms with E-state index in [-0.39, 0.29) is 24.4 Å². The Morgan fingerprint density at radius 3 is 3.00 bits per heavy atom. The summed E-state index contributed by atoms with van der Waals surface area (Å²) in [5, 5.41) is 11.3. The smallest absolute Gasteiger partial charge is 0.244 e. The topological polar surface area (TPSA) is 49.3 Å². The first-order chi connectivity index (χ1) is 7.61. The average molecular weight is 223 g/mol. The van der Waals surface area contributed by atoms with Gasteiger partial charge in [0.1, 0.15) is 5.82 Å². The van der Waals surface area contributed by atoms with E-state index in [1.807, 2.05) is 0 Å². The van der Waals surface area contributed by atoms with E-state index < -0.39 is 0 Å². The number of rotatable bonds is 4. The normalized spacial score (nSPS) is 12.7. The number of amides is 1. The molecule has 0 aliphatic carbocycles. The lowest BCUT2D eigenvalue weighted by Crippen LogP contribution is -2.33. The standard InChI is InChI=1S/C12H14FNO2/c1-9(8-15)14-12(16)6-5-10-3-2-4-11(13)7-10/h2-7,9,15H,8H2,1H3,(H,14,16)/t9-/m0/s1. The highest BCUT2D eigenvalue weighted by molar-refractivity contribution is 5.91. The lowest BCUT2D eigenvalue weighted by molar-refractivity contribution is -0.117. The molecular formula is C12H14FNO2. The Morgan fingerprint density at radius 1 is 1.62 bits per heavy atom. The predicted octanol–water partition coefficient (Wildman–Crippen LogP) is 1.34. The first kappa shape index (κ1) is 12.4. The number of nitrogens with one attached hydrogen (secondary N) is 1. The molecular weight excluding hydrogens is 209 g/mol. The SMILES string of the molecule is C[C@@H](CO)NC(=O)C=Cc1cccc(F)c1. The molecule has 0 aliphatic rings. The third kappa shape index (κ3) is 4.23. The van der Waals surface area contributed by atoms with E-state index in [1.54, 1.807) is 19.1 Å². The van der Waals surface area contributed by atoms with Gasteiger partial charge in [-0.2, -0.15) is 0 Å². The molecule has 86 valence electrons. The van der Waals surface area contributed by atoms with E-state index in [0.29, 0.717) is 5.56 Å². The minimum absolute atomic E-state index is 0.112. The number of hydrogen-bond donors (Lipinski definition) is 2. The number of halogens is 1. The van der Waals surface area contributed by atoms with Crippen LogP contribution < -0.4 is 5.32 Å². The van der Waals surface area contributed by atoms with Gasteiger partial charge in [-0.3, -0.25) is 4.79 Å². The van der Waals surface area contributed by atoms with Crippen LogP contribution in [0.15, 0.2) is 30.3 Å². The number of aliphatic hydroxyl groups is 1. The fourth-order valence-corrected chi connectivity index (χ4v) is 1.12. The maximum absolute atomic E-state index is 12.8. The molecule has 1 atom stereocenters. The monoisotopic (exact) mass is 223 g/mol. The van der Waals surface area contributed by atoms with Crippen molar-refractivity contribution in [3.63, 3.8) is 0 Å². The lowest BCUT2D eigenvalue weighted by atomic mass is 10.2. The molecule has 16 heavy (non-hydrogen) atoms. The molecule has 0 saturated carbocycles. The highest BCUT2D eigenvalue weighted by Crippen LogP contribution is 2.04. The Balaban J connectivity index is 2.56. The van der Waals surface area contributed by atoms with Gasteiger partial charge in [0.05, 0.1) is 6.61 Å². The summed E-state index contributed by atoms with van der Waals surface area (Å²) in [6.45, 7) is 1.58. The van der Waals surface area contributed by atoms with Crippen molar-refractivity contribution in [2.45, 2.75) is 13.0 Å². The Labute approximate surface area is 93.6 Å². The third-order valence-electron chi connectivity index (χ3n) is 1.94. The van der Waals surface area contributed by atoms with Gasteiger partial charge in [-0.25, -0.2) is 4.39 Å². The summed E-state index contributed by atoms with van der Waals surface area (Å²) < 4.78 is 12.8. The summed E-state index contributed by atoms with van der Waals surface area (Å²) in [5.41, 5.74) is 0.617. The molecule has 0 saturated heterocycles. The second-order valence-corrected chi connectivity index (χ2v) is 3.48. The van der Waals surface area contributed by atoms with Gasteiger partial charge in [-0.05, 0) is 30.7 Å². The van der Waals surface area contributed by atoms with Crippen molar-refractivity contribution in [2.75, 3.05) is 6.61 Å². The van der Waals surface area contributed by atoms with Crippen LogP contribution in [0.4, 0.5) is 4.39 Å². The molecule has 1 amide bonds. The van der Waals surface area contributed by atoms with Gasteiger partial charge in [-0.15, -0.1) is 0 Å². The van der Waals surface area contributed by atoms with Crippen molar-refractivity contribution in [3.05, 3.63) is 41.7 Å². The number of aliphatic hydroxyl groups excluding tert-OH is 1. The van der Waals surface area contributed by atoms with Crippen LogP contribution in [0.25, 0.3) is 6.08 Å². The third-order valence-corrected chi connectivity index (χ3v) is 1.94. The van der Waals surface area contributed by atoms with E-state index in [9.17, 15) is 9.18 Å². The number of hydrogen-bond acceptors (Lipinski definition) is 2. The average Bonchev–Trinajstić information content (AvgIpc) is 2.26. The van der Waals surface area contributed by atoms with Crippen LogP contribution >= 0.6 is 0 Å². The molecule has 3 nitrogen and oxygen atoms in total. The lowest BCUT2D eigenvalue weighted by Gasteiger charge is -2.07. The fourth-order valence-electron chi connectivity index (χ4n) is 1.12. The summed E-state index contributed by atoms with van der Waals surface area (Å²) in [7, 11) is 0. The molecule has 0 aliphatic heterocycles. The summed E-state index contributed by atoms with van der Waals surface area (Å²) in [6, 6.07) is 5.65. The minimum atomic E-state index is -0.341. The highest BCUT2D eigenvalue weighted by atomic mass is 19.1. The van der Waals surface area contributed by atoms with Crippen LogP contribution in [-0.2, 0) is 4.79 Å². The predicted molar refractivity (Wildman–Crippen MR) is 60.1 cm³/mol. The molecule has 0 heterocycles. The second-order valence-electron chi connectivity index (χ2n) is 3.48. The van der Waals surface area contributed by atoms with Crippen LogP contribution in [-0.4, -0.2) is 23.7 Å². The zero-order valence-corrected chi connectivity index (χ0v) is 8.98. The number of carbonyl (C=O) groups is 1. The van der Waals surface area contributed by atoms with Crippen molar-refractivity contribution < 1.29 is 14.3 Å². The summed E-state index contributed by atoms with van der Waals surface area (Å²) >= 11 is 0. The van der Waals surface area contributed by atoms with Crippen LogP contribution in [0.5, 0.6) is 0 Å². The van der Waals surface area contributed by atoms with E-state index in [4.69, 9.17) is 5.11 Å². The fraction of sp³-hybridized carbons (Fsp3) is 0.250. The number of carbonyl (C=O) groups excluding carboxylic acids is 1. The van der Waals surface area contributed by atoms with Crippen molar-refractivity contribution in [1.82, 2.24) is 5.32 Å². The first-order valence-corrected chi connectivity index (χ1v) is 4.97. The van der Waals surface area contributed by atoms with Gasteiger partial charge < -0.3 is 10.4 Å². The van der Waals surface area contributed by atoms with E-state index in [2.05, 4.69) is 5.32 Å². The van der Waals surface area contributed by atoms with Gasteiger partial charge >= 0.3 is 0 Å². The molecule has 0 bridgehead atoms. The molecule has 2 N–H and O–H groups in total. The molecule has 0 spiro atoms. The Kier molecular flexibility index (Phi) is 4.66. The highest BCUT2D eigenvalue weighted by Gasteiger charge is 2.01. The summed E-state index contributed by atoms with van der Waals surface area (Å²) in [4.78, 5) is 11.3. The first-order valence-electron chi connectivity index (χ1n) is 4.97. The maximum Gasteiger partial charge on any atom is 0.244 e. The molecule has 1 aromatic rings. The zero-order chi connectivity index (χ0) is 12.0. The number of benzene rings is 1. The van der Waals surface area contributed by atoms with Crippen molar-refractivity contribution in [1.29, 1.82) is 0 Å². The van der Waals surface area contributed by atoms with Gasteiger partial charge in [-0.1, -0.05) is 12.1 Å². The Bertz CT molecular complexity index is 390. The van der Waals surface area contributed by atoms with E-state index in [0.717, 1.165) is 0 Å².